The monoisotopic (exact) mass is 299 g/mol. The van der Waals surface area contributed by atoms with Crippen LogP contribution in [0, 0.1) is 17.6 Å². The average Bonchev–Trinajstić information content (AvgIpc) is 2.88. The van der Waals surface area contributed by atoms with Crippen LogP contribution in [0.25, 0.3) is 0 Å². The molecule has 20 heavy (non-hydrogen) atoms. The number of nitrogens with zero attached hydrogens (tertiary/aromatic N) is 1. The fourth-order valence-corrected chi connectivity index (χ4v) is 2.65. The number of hydrogen-bond acceptors (Lipinski definition) is 3. The molecule has 0 spiro atoms. The van der Waals surface area contributed by atoms with Gasteiger partial charge in [0.15, 0.2) is 11.6 Å². The molecule has 3 N–H and O–H groups in total. The van der Waals surface area contributed by atoms with E-state index in [0.29, 0.717) is 12.5 Å². The van der Waals surface area contributed by atoms with Gasteiger partial charge in [0.2, 0.25) is 0 Å². The third-order valence-corrected chi connectivity index (χ3v) is 3.97. The third-order valence-electron chi connectivity index (χ3n) is 3.75. The number of likely N-dealkylation sites (tertiary alicyclic amines) is 1. The molecule has 0 amide bonds. The van der Waals surface area contributed by atoms with Crippen LogP contribution in [0.4, 0.5) is 14.5 Å². The number of nitrogens with one attached hydrogen (secondary N) is 1. The number of hydrogen-bond donors (Lipinski definition) is 2. The van der Waals surface area contributed by atoms with Gasteiger partial charge in [0.1, 0.15) is 4.99 Å². The zero-order valence-electron chi connectivity index (χ0n) is 11.5. The lowest BCUT2D eigenvalue weighted by Gasteiger charge is -2.15. The van der Waals surface area contributed by atoms with Crippen LogP contribution in [-0.4, -0.2) is 36.1 Å². The lowest BCUT2D eigenvalue weighted by Crippen LogP contribution is -2.23. The van der Waals surface area contributed by atoms with E-state index in [9.17, 15) is 8.78 Å². The van der Waals surface area contributed by atoms with Gasteiger partial charge in [-0.05, 0) is 37.6 Å². The van der Waals surface area contributed by atoms with Crippen molar-refractivity contribution in [2.45, 2.75) is 13.3 Å². The van der Waals surface area contributed by atoms with Crippen molar-refractivity contribution in [3.05, 3.63) is 29.3 Å². The largest absolute Gasteiger partial charge is 0.389 e. The van der Waals surface area contributed by atoms with Crippen LogP contribution in [0.1, 0.15) is 18.9 Å². The van der Waals surface area contributed by atoms with Gasteiger partial charge in [0.05, 0.1) is 5.69 Å². The first-order valence-electron chi connectivity index (χ1n) is 6.77. The van der Waals surface area contributed by atoms with E-state index in [1.807, 2.05) is 0 Å². The Kier molecular flexibility index (Phi) is 4.88. The predicted octanol–water partition coefficient (Wildman–Crippen LogP) is 2.35. The van der Waals surface area contributed by atoms with Crippen molar-refractivity contribution in [1.29, 1.82) is 0 Å². The van der Waals surface area contributed by atoms with E-state index in [1.54, 1.807) is 0 Å². The maximum atomic E-state index is 13.9. The van der Waals surface area contributed by atoms with Crippen LogP contribution in [0.2, 0.25) is 0 Å². The molecule has 1 heterocycles. The fraction of sp³-hybridized carbons (Fsp3) is 0.500. The molecule has 110 valence electrons. The molecule has 1 unspecified atom stereocenters. The highest BCUT2D eigenvalue weighted by Gasteiger charge is 2.22. The van der Waals surface area contributed by atoms with Gasteiger partial charge >= 0.3 is 0 Å². The van der Waals surface area contributed by atoms with Gasteiger partial charge in [-0.1, -0.05) is 19.1 Å². The second-order valence-corrected chi connectivity index (χ2v) is 5.52. The molecule has 1 aliphatic heterocycles. The molecule has 1 aliphatic rings. The van der Waals surface area contributed by atoms with Crippen molar-refractivity contribution in [2.75, 3.05) is 31.5 Å². The zero-order valence-corrected chi connectivity index (χ0v) is 12.3. The van der Waals surface area contributed by atoms with Gasteiger partial charge < -0.3 is 16.0 Å². The first kappa shape index (κ1) is 15.1. The molecule has 1 atom stereocenters. The molecule has 0 aliphatic carbocycles. The quantitative estimate of drug-likeness (QED) is 0.819. The van der Waals surface area contributed by atoms with Crippen molar-refractivity contribution in [3.8, 4) is 0 Å². The van der Waals surface area contributed by atoms with E-state index in [-0.39, 0.29) is 16.2 Å². The molecule has 3 nitrogen and oxygen atoms in total. The molecule has 1 aromatic rings. The summed E-state index contributed by atoms with van der Waals surface area (Å²) in [4.78, 5) is 2.21. The molecule has 0 aromatic heterocycles. The number of rotatable bonds is 5. The molecule has 0 saturated carbocycles. The highest BCUT2D eigenvalue weighted by molar-refractivity contribution is 7.80. The minimum absolute atomic E-state index is 0.0546. The van der Waals surface area contributed by atoms with Crippen molar-refractivity contribution < 1.29 is 8.78 Å². The topological polar surface area (TPSA) is 41.3 Å². The lowest BCUT2D eigenvalue weighted by molar-refractivity contribution is 0.345. The van der Waals surface area contributed by atoms with Crippen LogP contribution < -0.4 is 11.1 Å². The maximum Gasteiger partial charge on any atom is 0.182 e. The normalized spacial score (nSPS) is 19.2. The summed E-state index contributed by atoms with van der Waals surface area (Å²) in [6, 6.07) is 2.90. The number of halogens is 2. The minimum atomic E-state index is -0.982. The molecular weight excluding hydrogens is 280 g/mol. The Balaban J connectivity index is 2.00. The summed E-state index contributed by atoms with van der Waals surface area (Å²) in [5.74, 6) is -1.43. The molecule has 1 saturated heterocycles. The summed E-state index contributed by atoms with van der Waals surface area (Å²) in [6.07, 6.45) is 1.08. The van der Waals surface area contributed by atoms with Crippen LogP contribution >= 0.6 is 12.2 Å². The summed E-state index contributed by atoms with van der Waals surface area (Å²) in [7, 11) is 0. The van der Waals surface area contributed by atoms with Gasteiger partial charge in [-0.15, -0.1) is 0 Å². The second-order valence-electron chi connectivity index (χ2n) is 5.08. The maximum absolute atomic E-state index is 13.9. The van der Waals surface area contributed by atoms with E-state index >= 15 is 0 Å². The van der Waals surface area contributed by atoms with Crippen molar-refractivity contribution in [1.82, 2.24) is 4.90 Å². The molecule has 0 radical (unpaired) electrons. The first-order chi connectivity index (χ1) is 9.52. The van der Waals surface area contributed by atoms with Crippen molar-refractivity contribution in [2.24, 2.45) is 11.7 Å². The van der Waals surface area contributed by atoms with Crippen LogP contribution in [0.3, 0.4) is 0 Å². The number of thiocarbonyl (C=S) groups is 1. The van der Waals surface area contributed by atoms with Crippen LogP contribution in [0.5, 0.6) is 0 Å². The highest BCUT2D eigenvalue weighted by Crippen LogP contribution is 2.22. The third kappa shape index (κ3) is 3.24. The molecular formula is C14H19F2N3S. The van der Waals surface area contributed by atoms with Crippen molar-refractivity contribution >= 4 is 22.9 Å². The van der Waals surface area contributed by atoms with Gasteiger partial charge in [0.25, 0.3) is 0 Å². The van der Waals surface area contributed by atoms with E-state index in [4.69, 9.17) is 5.73 Å². The van der Waals surface area contributed by atoms with Gasteiger partial charge in [-0.25, -0.2) is 8.78 Å². The zero-order chi connectivity index (χ0) is 14.7. The Hall–Kier alpha value is -1.27. The fourth-order valence-electron chi connectivity index (χ4n) is 2.50. The molecule has 1 aromatic carbocycles. The second kappa shape index (κ2) is 6.45. The molecule has 1 fully saturated rings. The van der Waals surface area contributed by atoms with Gasteiger partial charge in [-0.2, -0.15) is 0 Å². The van der Waals surface area contributed by atoms with Crippen LogP contribution in [0.15, 0.2) is 12.1 Å². The van der Waals surface area contributed by atoms with Gasteiger partial charge in [0, 0.05) is 18.7 Å². The number of nitrogens with two attached hydrogens (primary N) is 1. The number of benzene rings is 1. The standard InChI is InChI=1S/C14H19F2N3S/c1-2-19-6-5-9(8-19)7-18-11-4-3-10(14(17)20)12(15)13(11)16/h3-4,9,18H,2,5-8H2,1H3,(H2,17,20). The summed E-state index contributed by atoms with van der Waals surface area (Å²) in [5.41, 5.74) is 5.45. The Labute approximate surface area is 123 Å². The van der Waals surface area contributed by atoms with E-state index < -0.39 is 11.6 Å². The van der Waals surface area contributed by atoms with Crippen LogP contribution in [-0.2, 0) is 0 Å². The van der Waals surface area contributed by atoms with Gasteiger partial charge in [-0.3, -0.25) is 0 Å². The predicted molar refractivity (Wildman–Crippen MR) is 81.0 cm³/mol. The first-order valence-corrected chi connectivity index (χ1v) is 7.17. The van der Waals surface area contributed by atoms with E-state index in [1.165, 1.54) is 12.1 Å². The lowest BCUT2D eigenvalue weighted by atomic mass is 10.1. The van der Waals surface area contributed by atoms with Crippen molar-refractivity contribution in [3.63, 3.8) is 0 Å². The Morgan fingerprint density at radius 2 is 2.20 bits per heavy atom. The molecule has 6 heteroatoms. The molecule has 0 bridgehead atoms. The summed E-state index contributed by atoms with van der Waals surface area (Å²) in [6.45, 7) is 5.86. The Bertz CT molecular complexity index is 507. The summed E-state index contributed by atoms with van der Waals surface area (Å²) >= 11 is 4.68. The SMILES string of the molecule is CCN1CCC(CNc2ccc(C(N)=S)c(F)c2F)C1. The summed E-state index contributed by atoms with van der Waals surface area (Å²) < 4.78 is 27.6. The number of anilines is 1. The van der Waals surface area contributed by atoms with E-state index in [0.717, 1.165) is 26.1 Å². The van der Waals surface area contributed by atoms with E-state index in [2.05, 4.69) is 29.4 Å². The smallest absolute Gasteiger partial charge is 0.182 e. The Morgan fingerprint density at radius 3 is 2.80 bits per heavy atom. The molecule has 2 rings (SSSR count). The summed E-state index contributed by atoms with van der Waals surface area (Å²) in [5, 5.41) is 2.98. The highest BCUT2D eigenvalue weighted by atomic mass is 32.1. The minimum Gasteiger partial charge on any atom is -0.389 e. The Morgan fingerprint density at radius 1 is 1.45 bits per heavy atom. The average molecular weight is 299 g/mol.